The Morgan fingerprint density at radius 2 is 1.88 bits per heavy atom. The molecule has 0 aliphatic rings. The predicted molar refractivity (Wildman–Crippen MR) is 66.9 cm³/mol. The van der Waals surface area contributed by atoms with Crippen molar-refractivity contribution < 1.29 is 4.39 Å². The van der Waals surface area contributed by atoms with Crippen LogP contribution in [0.2, 0.25) is 0 Å². The third-order valence-corrected chi connectivity index (χ3v) is 3.15. The van der Waals surface area contributed by atoms with Crippen molar-refractivity contribution in [2.75, 3.05) is 6.54 Å². The molecule has 2 heteroatoms. The number of hydrogen-bond donors (Lipinski definition) is 1. The van der Waals surface area contributed by atoms with E-state index < -0.39 is 0 Å². The molecule has 0 aliphatic carbocycles. The SMILES string of the molecule is CCNC(c1cccc(F)c1)C(CC)CC. The summed E-state index contributed by atoms with van der Waals surface area (Å²) in [7, 11) is 0. The summed E-state index contributed by atoms with van der Waals surface area (Å²) in [5, 5.41) is 3.46. The first-order valence-electron chi connectivity index (χ1n) is 6.21. The summed E-state index contributed by atoms with van der Waals surface area (Å²) in [5.41, 5.74) is 1.07. The first-order chi connectivity index (χ1) is 7.72. The topological polar surface area (TPSA) is 12.0 Å². The molecular weight excluding hydrogens is 201 g/mol. The van der Waals surface area contributed by atoms with Crippen molar-refractivity contribution in [2.45, 2.75) is 39.7 Å². The van der Waals surface area contributed by atoms with E-state index >= 15 is 0 Å². The Hall–Kier alpha value is -0.890. The van der Waals surface area contributed by atoms with Gasteiger partial charge in [0.25, 0.3) is 0 Å². The van der Waals surface area contributed by atoms with Crippen molar-refractivity contribution in [3.63, 3.8) is 0 Å². The normalized spacial score (nSPS) is 13.1. The van der Waals surface area contributed by atoms with Gasteiger partial charge in [-0.25, -0.2) is 4.39 Å². The zero-order valence-electron chi connectivity index (χ0n) is 10.5. The van der Waals surface area contributed by atoms with Crippen molar-refractivity contribution in [1.82, 2.24) is 5.32 Å². The van der Waals surface area contributed by atoms with Crippen molar-refractivity contribution in [2.24, 2.45) is 5.92 Å². The van der Waals surface area contributed by atoms with Gasteiger partial charge in [-0.3, -0.25) is 0 Å². The van der Waals surface area contributed by atoms with E-state index in [9.17, 15) is 4.39 Å². The lowest BCUT2D eigenvalue weighted by Crippen LogP contribution is -2.27. The number of halogens is 1. The van der Waals surface area contributed by atoms with Gasteiger partial charge in [0, 0.05) is 6.04 Å². The maximum absolute atomic E-state index is 13.2. The van der Waals surface area contributed by atoms with Gasteiger partial charge in [0.1, 0.15) is 5.82 Å². The van der Waals surface area contributed by atoms with Crippen LogP contribution in [0, 0.1) is 11.7 Å². The van der Waals surface area contributed by atoms with Crippen LogP contribution in [0.5, 0.6) is 0 Å². The molecule has 0 amide bonds. The Morgan fingerprint density at radius 1 is 1.19 bits per heavy atom. The lowest BCUT2D eigenvalue weighted by atomic mass is 9.89. The van der Waals surface area contributed by atoms with Gasteiger partial charge >= 0.3 is 0 Å². The second-order valence-corrected chi connectivity index (χ2v) is 4.17. The molecule has 0 bridgehead atoms. The Bertz CT molecular complexity index is 307. The van der Waals surface area contributed by atoms with Crippen LogP contribution in [-0.4, -0.2) is 6.54 Å². The van der Waals surface area contributed by atoms with E-state index in [1.54, 1.807) is 12.1 Å². The van der Waals surface area contributed by atoms with E-state index in [0.717, 1.165) is 24.9 Å². The lowest BCUT2D eigenvalue weighted by molar-refractivity contribution is 0.345. The van der Waals surface area contributed by atoms with Crippen molar-refractivity contribution in [3.8, 4) is 0 Å². The van der Waals surface area contributed by atoms with Crippen LogP contribution in [0.25, 0.3) is 0 Å². The van der Waals surface area contributed by atoms with Crippen molar-refractivity contribution in [3.05, 3.63) is 35.6 Å². The molecule has 0 radical (unpaired) electrons. The third kappa shape index (κ3) is 3.31. The summed E-state index contributed by atoms with van der Waals surface area (Å²) in [6.07, 6.45) is 2.23. The molecule has 90 valence electrons. The second-order valence-electron chi connectivity index (χ2n) is 4.17. The number of benzene rings is 1. The molecule has 0 saturated carbocycles. The van der Waals surface area contributed by atoms with Crippen LogP contribution >= 0.6 is 0 Å². The molecule has 1 N–H and O–H groups in total. The highest BCUT2D eigenvalue weighted by atomic mass is 19.1. The van der Waals surface area contributed by atoms with Crippen LogP contribution in [0.4, 0.5) is 4.39 Å². The fourth-order valence-corrected chi connectivity index (χ4v) is 2.24. The quantitative estimate of drug-likeness (QED) is 0.771. The van der Waals surface area contributed by atoms with E-state index in [0.29, 0.717) is 5.92 Å². The van der Waals surface area contributed by atoms with Crippen molar-refractivity contribution >= 4 is 0 Å². The van der Waals surface area contributed by atoms with Crippen LogP contribution in [0.15, 0.2) is 24.3 Å². The molecule has 1 unspecified atom stereocenters. The summed E-state index contributed by atoms with van der Waals surface area (Å²) in [6, 6.07) is 7.22. The second kappa shape index (κ2) is 6.64. The van der Waals surface area contributed by atoms with E-state index in [4.69, 9.17) is 0 Å². The van der Waals surface area contributed by atoms with Crippen LogP contribution in [0.3, 0.4) is 0 Å². The van der Waals surface area contributed by atoms with Gasteiger partial charge in [0.2, 0.25) is 0 Å². The van der Waals surface area contributed by atoms with Gasteiger partial charge in [-0.2, -0.15) is 0 Å². The average Bonchev–Trinajstić information content (AvgIpc) is 2.29. The molecule has 16 heavy (non-hydrogen) atoms. The Morgan fingerprint density at radius 3 is 2.38 bits per heavy atom. The minimum Gasteiger partial charge on any atom is -0.310 e. The molecule has 1 rings (SSSR count). The maximum atomic E-state index is 13.2. The Labute approximate surface area is 98.1 Å². The third-order valence-electron chi connectivity index (χ3n) is 3.15. The molecule has 1 aromatic rings. The Kier molecular flexibility index (Phi) is 5.47. The van der Waals surface area contributed by atoms with Gasteiger partial charge in [-0.1, -0.05) is 45.7 Å². The molecule has 1 atom stereocenters. The fourth-order valence-electron chi connectivity index (χ4n) is 2.24. The van der Waals surface area contributed by atoms with Crippen LogP contribution in [-0.2, 0) is 0 Å². The van der Waals surface area contributed by atoms with Gasteiger partial charge in [0.15, 0.2) is 0 Å². The molecule has 0 spiro atoms. The van der Waals surface area contributed by atoms with Gasteiger partial charge in [-0.15, -0.1) is 0 Å². The molecule has 0 aliphatic heterocycles. The molecule has 0 aromatic heterocycles. The van der Waals surface area contributed by atoms with Gasteiger partial charge < -0.3 is 5.32 Å². The summed E-state index contributed by atoms with van der Waals surface area (Å²) in [6.45, 7) is 7.39. The Balaban J connectivity index is 2.91. The summed E-state index contributed by atoms with van der Waals surface area (Å²) in [5.74, 6) is 0.424. The highest BCUT2D eigenvalue weighted by Gasteiger charge is 2.19. The fraction of sp³-hybridized carbons (Fsp3) is 0.571. The monoisotopic (exact) mass is 223 g/mol. The van der Waals surface area contributed by atoms with Gasteiger partial charge in [-0.05, 0) is 30.2 Å². The number of hydrogen-bond acceptors (Lipinski definition) is 1. The summed E-state index contributed by atoms with van der Waals surface area (Å²) >= 11 is 0. The minimum atomic E-state index is -0.147. The van der Waals surface area contributed by atoms with E-state index in [2.05, 4.69) is 26.1 Å². The molecule has 1 aromatic carbocycles. The lowest BCUT2D eigenvalue weighted by Gasteiger charge is -2.26. The first kappa shape index (κ1) is 13.2. The maximum Gasteiger partial charge on any atom is 0.123 e. The van der Waals surface area contributed by atoms with Crippen LogP contribution < -0.4 is 5.32 Å². The predicted octanol–water partition coefficient (Wildman–Crippen LogP) is 3.91. The summed E-state index contributed by atoms with van der Waals surface area (Å²) in [4.78, 5) is 0. The van der Waals surface area contributed by atoms with E-state index in [1.165, 1.54) is 6.07 Å². The first-order valence-corrected chi connectivity index (χ1v) is 6.21. The van der Waals surface area contributed by atoms with E-state index in [1.807, 2.05) is 6.07 Å². The van der Waals surface area contributed by atoms with Gasteiger partial charge in [0.05, 0.1) is 0 Å². The highest BCUT2D eigenvalue weighted by Crippen LogP contribution is 2.27. The largest absolute Gasteiger partial charge is 0.310 e. The molecule has 0 saturated heterocycles. The average molecular weight is 223 g/mol. The smallest absolute Gasteiger partial charge is 0.123 e. The molecule has 0 heterocycles. The standard InChI is InChI=1S/C14H22FN/c1-4-11(5-2)14(16-6-3)12-8-7-9-13(15)10-12/h7-11,14,16H,4-6H2,1-3H3. The summed E-state index contributed by atoms with van der Waals surface area (Å²) < 4.78 is 13.2. The van der Waals surface area contributed by atoms with Crippen molar-refractivity contribution in [1.29, 1.82) is 0 Å². The minimum absolute atomic E-state index is 0.147. The highest BCUT2D eigenvalue weighted by molar-refractivity contribution is 5.20. The number of rotatable bonds is 6. The number of nitrogens with one attached hydrogen (secondary N) is 1. The molecule has 0 fully saturated rings. The molecular formula is C14H22FN. The molecule has 1 nitrogen and oxygen atoms in total. The van der Waals surface area contributed by atoms with Crippen LogP contribution in [0.1, 0.15) is 45.2 Å². The zero-order chi connectivity index (χ0) is 12.0. The zero-order valence-corrected chi connectivity index (χ0v) is 10.5. The van der Waals surface area contributed by atoms with E-state index in [-0.39, 0.29) is 11.9 Å².